The van der Waals surface area contributed by atoms with E-state index in [1.807, 2.05) is 12.1 Å². The maximum Gasteiger partial charge on any atom is 0.0706 e. The van der Waals surface area contributed by atoms with Crippen LogP contribution in [0.5, 0.6) is 0 Å². The standard InChI is InChI=1S/C15H19Cl2NO/c16-10-4-5-11(13(17)9-10)14-12-3-1-2-6-15(12,19)7-8-18-14/h4-5,9,12,14,18-19H,1-3,6-8H2/t12-,14-,15+/m0/s1. The molecule has 104 valence electrons. The van der Waals surface area contributed by atoms with Crippen molar-refractivity contribution in [2.45, 2.75) is 43.7 Å². The van der Waals surface area contributed by atoms with Crippen LogP contribution in [0.15, 0.2) is 18.2 Å². The van der Waals surface area contributed by atoms with Crippen LogP contribution in [0.4, 0.5) is 0 Å². The van der Waals surface area contributed by atoms with Gasteiger partial charge in [0.15, 0.2) is 0 Å². The van der Waals surface area contributed by atoms with Gasteiger partial charge in [-0.05, 0) is 43.5 Å². The molecule has 0 radical (unpaired) electrons. The van der Waals surface area contributed by atoms with Crippen molar-refractivity contribution in [2.75, 3.05) is 6.54 Å². The highest BCUT2D eigenvalue weighted by atomic mass is 35.5. The number of aliphatic hydroxyl groups is 1. The van der Waals surface area contributed by atoms with Crippen LogP contribution in [0.2, 0.25) is 10.0 Å². The molecule has 3 rings (SSSR count). The fourth-order valence-corrected chi connectivity index (χ4v) is 4.23. The van der Waals surface area contributed by atoms with Gasteiger partial charge >= 0.3 is 0 Å². The van der Waals surface area contributed by atoms with Crippen molar-refractivity contribution in [1.29, 1.82) is 0 Å². The van der Waals surface area contributed by atoms with Gasteiger partial charge in [-0.1, -0.05) is 42.1 Å². The minimum atomic E-state index is -0.517. The lowest BCUT2D eigenvalue weighted by molar-refractivity contribution is -0.0861. The molecular formula is C15H19Cl2NO. The summed E-state index contributed by atoms with van der Waals surface area (Å²) in [6.07, 6.45) is 5.15. The Kier molecular flexibility index (Phi) is 3.78. The first-order chi connectivity index (χ1) is 9.10. The minimum absolute atomic E-state index is 0.142. The molecule has 1 aliphatic carbocycles. The third-order valence-electron chi connectivity index (χ3n) is 4.69. The number of rotatable bonds is 1. The molecule has 2 N–H and O–H groups in total. The van der Waals surface area contributed by atoms with Crippen molar-refractivity contribution in [1.82, 2.24) is 5.32 Å². The molecule has 1 aromatic carbocycles. The van der Waals surface area contributed by atoms with Crippen molar-refractivity contribution in [2.24, 2.45) is 5.92 Å². The van der Waals surface area contributed by atoms with Crippen LogP contribution in [0, 0.1) is 5.92 Å². The van der Waals surface area contributed by atoms with Gasteiger partial charge < -0.3 is 10.4 Å². The molecule has 3 atom stereocenters. The summed E-state index contributed by atoms with van der Waals surface area (Å²) >= 11 is 12.3. The molecule has 19 heavy (non-hydrogen) atoms. The van der Waals surface area contributed by atoms with E-state index in [1.54, 1.807) is 6.07 Å². The van der Waals surface area contributed by atoms with E-state index in [0.717, 1.165) is 37.8 Å². The summed E-state index contributed by atoms with van der Waals surface area (Å²) in [4.78, 5) is 0. The van der Waals surface area contributed by atoms with E-state index in [9.17, 15) is 5.11 Å². The first-order valence-corrected chi connectivity index (χ1v) is 7.76. The fourth-order valence-electron chi connectivity index (χ4n) is 3.70. The lowest BCUT2D eigenvalue weighted by atomic mass is 9.67. The van der Waals surface area contributed by atoms with E-state index in [2.05, 4.69) is 5.32 Å². The van der Waals surface area contributed by atoms with E-state index in [0.29, 0.717) is 10.0 Å². The molecule has 1 aromatic rings. The summed E-state index contributed by atoms with van der Waals surface area (Å²) in [5.41, 5.74) is 0.549. The Labute approximate surface area is 124 Å². The molecule has 0 aromatic heterocycles. The summed E-state index contributed by atoms with van der Waals surface area (Å²) in [6.45, 7) is 0.844. The zero-order valence-corrected chi connectivity index (χ0v) is 12.3. The average Bonchev–Trinajstić information content (AvgIpc) is 2.37. The number of benzene rings is 1. The second-order valence-corrected chi connectivity index (χ2v) is 6.65. The lowest BCUT2D eigenvalue weighted by Gasteiger charge is -2.48. The van der Waals surface area contributed by atoms with Gasteiger partial charge in [0.05, 0.1) is 5.60 Å². The van der Waals surface area contributed by atoms with Crippen molar-refractivity contribution in [3.05, 3.63) is 33.8 Å². The van der Waals surface area contributed by atoms with Crippen LogP contribution in [-0.4, -0.2) is 17.3 Å². The molecule has 0 amide bonds. The summed E-state index contributed by atoms with van der Waals surface area (Å²) in [6, 6.07) is 5.80. The first-order valence-electron chi connectivity index (χ1n) is 7.01. The predicted octanol–water partition coefficient (Wildman–Crippen LogP) is 3.95. The van der Waals surface area contributed by atoms with Crippen molar-refractivity contribution in [3.63, 3.8) is 0 Å². The summed E-state index contributed by atoms with van der Waals surface area (Å²) in [7, 11) is 0. The summed E-state index contributed by atoms with van der Waals surface area (Å²) in [5.74, 6) is 0.258. The number of piperidine rings is 1. The number of hydrogen-bond acceptors (Lipinski definition) is 2. The molecule has 4 heteroatoms. The Hall–Kier alpha value is -0.280. The molecule has 1 heterocycles. The van der Waals surface area contributed by atoms with Crippen LogP contribution >= 0.6 is 23.2 Å². The molecule has 1 saturated carbocycles. The largest absolute Gasteiger partial charge is 0.389 e. The Balaban J connectivity index is 1.94. The van der Waals surface area contributed by atoms with Gasteiger partial charge in [0.25, 0.3) is 0 Å². The highest BCUT2D eigenvalue weighted by Gasteiger charge is 2.46. The number of hydrogen-bond donors (Lipinski definition) is 2. The second kappa shape index (κ2) is 5.25. The van der Waals surface area contributed by atoms with E-state index in [1.165, 1.54) is 6.42 Å². The maximum atomic E-state index is 10.9. The van der Waals surface area contributed by atoms with E-state index in [4.69, 9.17) is 23.2 Å². The Bertz CT molecular complexity index is 475. The number of halogens is 2. The number of fused-ring (bicyclic) bond motifs is 1. The Morgan fingerprint density at radius 1 is 1.21 bits per heavy atom. The Morgan fingerprint density at radius 2 is 2.05 bits per heavy atom. The van der Waals surface area contributed by atoms with Crippen molar-refractivity contribution < 1.29 is 5.11 Å². The van der Waals surface area contributed by atoms with Crippen LogP contribution < -0.4 is 5.32 Å². The first kappa shape index (κ1) is 13.7. The highest BCUT2D eigenvalue weighted by Crippen LogP contribution is 2.46. The molecule has 2 fully saturated rings. The van der Waals surface area contributed by atoms with E-state index < -0.39 is 5.60 Å². The smallest absolute Gasteiger partial charge is 0.0706 e. The highest BCUT2D eigenvalue weighted by molar-refractivity contribution is 6.35. The lowest BCUT2D eigenvalue weighted by Crippen LogP contribution is -2.53. The Morgan fingerprint density at radius 3 is 2.84 bits per heavy atom. The van der Waals surface area contributed by atoms with Crippen molar-refractivity contribution >= 4 is 23.2 Å². The van der Waals surface area contributed by atoms with Crippen molar-refractivity contribution in [3.8, 4) is 0 Å². The monoisotopic (exact) mass is 299 g/mol. The zero-order chi connectivity index (χ0) is 13.5. The third-order valence-corrected chi connectivity index (χ3v) is 5.25. The van der Waals surface area contributed by atoms with Crippen LogP contribution in [0.1, 0.15) is 43.7 Å². The quantitative estimate of drug-likeness (QED) is 0.823. The van der Waals surface area contributed by atoms with Crippen LogP contribution in [0.25, 0.3) is 0 Å². The summed E-state index contributed by atoms with van der Waals surface area (Å²) < 4.78 is 0. The topological polar surface area (TPSA) is 32.3 Å². The van der Waals surface area contributed by atoms with Gasteiger partial charge in [-0.25, -0.2) is 0 Å². The summed E-state index contributed by atoms with van der Waals surface area (Å²) in [5, 5.41) is 15.7. The van der Waals surface area contributed by atoms with Gasteiger partial charge in [-0.15, -0.1) is 0 Å². The molecule has 0 unspecified atom stereocenters. The molecule has 0 bridgehead atoms. The SMILES string of the molecule is O[C@@]12CCCC[C@H]1[C@H](c1ccc(Cl)cc1Cl)NCC2. The van der Waals surface area contributed by atoms with E-state index in [-0.39, 0.29) is 12.0 Å². The van der Waals surface area contributed by atoms with E-state index >= 15 is 0 Å². The van der Waals surface area contributed by atoms with Crippen LogP contribution in [-0.2, 0) is 0 Å². The van der Waals surface area contributed by atoms with Gasteiger partial charge in [0.1, 0.15) is 0 Å². The molecule has 2 aliphatic rings. The normalized spacial score (nSPS) is 34.9. The maximum absolute atomic E-state index is 10.9. The number of nitrogens with one attached hydrogen (secondary N) is 1. The average molecular weight is 300 g/mol. The molecule has 0 spiro atoms. The van der Waals surface area contributed by atoms with Gasteiger partial charge in [0, 0.05) is 22.0 Å². The van der Waals surface area contributed by atoms with Crippen LogP contribution in [0.3, 0.4) is 0 Å². The fraction of sp³-hybridized carbons (Fsp3) is 0.600. The molecular weight excluding hydrogens is 281 g/mol. The van der Waals surface area contributed by atoms with Gasteiger partial charge in [-0.3, -0.25) is 0 Å². The minimum Gasteiger partial charge on any atom is -0.389 e. The molecule has 1 aliphatic heterocycles. The predicted molar refractivity (Wildman–Crippen MR) is 78.7 cm³/mol. The third kappa shape index (κ3) is 2.52. The van der Waals surface area contributed by atoms with Gasteiger partial charge in [-0.2, -0.15) is 0 Å². The second-order valence-electron chi connectivity index (χ2n) is 5.80. The molecule has 1 saturated heterocycles. The zero-order valence-electron chi connectivity index (χ0n) is 10.8. The van der Waals surface area contributed by atoms with Gasteiger partial charge in [0.2, 0.25) is 0 Å². The molecule has 2 nitrogen and oxygen atoms in total.